The van der Waals surface area contributed by atoms with Crippen LogP contribution in [0.15, 0.2) is 77.5 Å². The van der Waals surface area contributed by atoms with Gasteiger partial charge in [0.25, 0.3) is 0 Å². The Kier molecular flexibility index (Phi) is 4.51. The van der Waals surface area contributed by atoms with Gasteiger partial charge in [0.1, 0.15) is 17.0 Å². The van der Waals surface area contributed by atoms with Gasteiger partial charge in [0.15, 0.2) is 0 Å². The molecule has 0 saturated carbocycles. The minimum absolute atomic E-state index is 0.0518. The largest absolute Gasteiger partial charge is 0.456 e. The number of para-hydroxylation sites is 1. The standard InChI is InChI=1S/C28H28N2O/c1-18(2)21-17-22(28(3,4)5)25(24-20-13-9-10-14-23(20)31-26(21)24)30-16-15-29-27(30)19-11-7-6-8-12-19/h6-18H,1-5H3. The fourth-order valence-electron chi connectivity index (χ4n) is 4.44. The van der Waals surface area contributed by atoms with Gasteiger partial charge in [-0.3, -0.25) is 4.57 Å². The van der Waals surface area contributed by atoms with Crippen LogP contribution in [0.3, 0.4) is 0 Å². The topological polar surface area (TPSA) is 31.0 Å². The van der Waals surface area contributed by atoms with Crippen molar-refractivity contribution >= 4 is 21.9 Å². The highest BCUT2D eigenvalue weighted by molar-refractivity contribution is 6.11. The van der Waals surface area contributed by atoms with E-state index in [1.54, 1.807) is 0 Å². The zero-order valence-corrected chi connectivity index (χ0v) is 18.8. The van der Waals surface area contributed by atoms with Crippen molar-refractivity contribution in [1.82, 2.24) is 9.55 Å². The monoisotopic (exact) mass is 408 g/mol. The number of hydrogen-bond donors (Lipinski definition) is 0. The molecular formula is C28H28N2O. The molecule has 0 aliphatic rings. The van der Waals surface area contributed by atoms with E-state index >= 15 is 0 Å². The summed E-state index contributed by atoms with van der Waals surface area (Å²) in [6, 6.07) is 21.1. The zero-order valence-electron chi connectivity index (χ0n) is 18.8. The van der Waals surface area contributed by atoms with E-state index in [9.17, 15) is 0 Å². The number of fused-ring (bicyclic) bond motifs is 3. The minimum Gasteiger partial charge on any atom is -0.456 e. The average Bonchev–Trinajstić information content (AvgIpc) is 3.37. The molecule has 0 spiro atoms. The summed E-state index contributed by atoms with van der Waals surface area (Å²) < 4.78 is 8.70. The molecule has 156 valence electrons. The summed E-state index contributed by atoms with van der Waals surface area (Å²) in [5, 5.41) is 2.31. The minimum atomic E-state index is -0.0518. The first-order valence-electron chi connectivity index (χ1n) is 10.9. The second-order valence-electron chi connectivity index (χ2n) is 9.56. The van der Waals surface area contributed by atoms with Crippen molar-refractivity contribution in [1.29, 1.82) is 0 Å². The Hall–Kier alpha value is -3.33. The van der Waals surface area contributed by atoms with Crippen LogP contribution in [0, 0.1) is 0 Å². The summed E-state index contributed by atoms with van der Waals surface area (Å²) in [6.45, 7) is 11.3. The van der Waals surface area contributed by atoms with E-state index in [2.05, 4.69) is 93.9 Å². The molecule has 2 heterocycles. The van der Waals surface area contributed by atoms with E-state index in [1.165, 1.54) is 16.5 Å². The predicted molar refractivity (Wildman–Crippen MR) is 129 cm³/mol. The van der Waals surface area contributed by atoms with Crippen LogP contribution < -0.4 is 0 Å². The van der Waals surface area contributed by atoms with Gasteiger partial charge in [-0.2, -0.15) is 0 Å². The number of nitrogens with zero attached hydrogens (tertiary/aromatic N) is 2. The van der Waals surface area contributed by atoms with Gasteiger partial charge in [-0.1, -0.05) is 83.1 Å². The predicted octanol–water partition coefficient (Wildman–Crippen LogP) is 7.86. The van der Waals surface area contributed by atoms with Crippen molar-refractivity contribution in [3.63, 3.8) is 0 Å². The van der Waals surface area contributed by atoms with Crippen LogP contribution in [0.1, 0.15) is 51.7 Å². The molecule has 31 heavy (non-hydrogen) atoms. The Morgan fingerprint density at radius 2 is 1.65 bits per heavy atom. The smallest absolute Gasteiger partial charge is 0.144 e. The van der Waals surface area contributed by atoms with E-state index < -0.39 is 0 Å². The molecule has 3 nitrogen and oxygen atoms in total. The van der Waals surface area contributed by atoms with Gasteiger partial charge >= 0.3 is 0 Å². The van der Waals surface area contributed by atoms with Crippen molar-refractivity contribution in [3.8, 4) is 17.1 Å². The molecule has 5 aromatic rings. The van der Waals surface area contributed by atoms with Crippen molar-refractivity contribution in [3.05, 3.63) is 84.2 Å². The van der Waals surface area contributed by atoms with E-state index in [1.807, 2.05) is 18.3 Å². The molecule has 0 bridgehead atoms. The molecule has 0 aliphatic heterocycles. The van der Waals surface area contributed by atoms with Crippen LogP contribution in [0.2, 0.25) is 0 Å². The number of imidazole rings is 1. The van der Waals surface area contributed by atoms with Gasteiger partial charge in [0.05, 0.1) is 11.1 Å². The molecule has 0 amide bonds. The zero-order chi connectivity index (χ0) is 21.8. The highest BCUT2D eigenvalue weighted by Crippen LogP contribution is 2.44. The molecule has 0 fully saturated rings. The Labute approximate surface area is 183 Å². The molecule has 0 saturated heterocycles. The SMILES string of the molecule is CC(C)c1cc(C(C)(C)C)c(-n2ccnc2-c2ccccc2)c2c1oc1ccccc12. The van der Waals surface area contributed by atoms with Crippen molar-refractivity contribution in [2.75, 3.05) is 0 Å². The van der Waals surface area contributed by atoms with E-state index in [0.29, 0.717) is 5.92 Å². The summed E-state index contributed by atoms with van der Waals surface area (Å²) in [7, 11) is 0. The molecule has 5 rings (SSSR count). The Balaban J connectivity index is 1.98. The average molecular weight is 409 g/mol. The van der Waals surface area contributed by atoms with Crippen LogP contribution in [0.5, 0.6) is 0 Å². The molecule has 0 atom stereocenters. The van der Waals surface area contributed by atoms with Crippen molar-refractivity contribution in [2.45, 2.75) is 46.0 Å². The third-order valence-corrected chi connectivity index (χ3v) is 5.99. The fourth-order valence-corrected chi connectivity index (χ4v) is 4.44. The van der Waals surface area contributed by atoms with Gasteiger partial charge in [0.2, 0.25) is 0 Å². The van der Waals surface area contributed by atoms with E-state index in [4.69, 9.17) is 9.40 Å². The summed E-state index contributed by atoms with van der Waals surface area (Å²) in [6.07, 6.45) is 3.96. The quantitative estimate of drug-likeness (QED) is 0.304. The molecule has 3 heteroatoms. The first kappa shape index (κ1) is 19.6. The summed E-state index contributed by atoms with van der Waals surface area (Å²) in [5.41, 5.74) is 6.66. The van der Waals surface area contributed by atoms with Gasteiger partial charge in [-0.25, -0.2) is 4.98 Å². The van der Waals surface area contributed by atoms with Gasteiger partial charge in [-0.15, -0.1) is 0 Å². The van der Waals surface area contributed by atoms with E-state index in [0.717, 1.165) is 33.6 Å². The summed E-state index contributed by atoms with van der Waals surface area (Å²) in [4.78, 5) is 4.75. The van der Waals surface area contributed by atoms with E-state index in [-0.39, 0.29) is 5.41 Å². The van der Waals surface area contributed by atoms with Crippen LogP contribution in [0.25, 0.3) is 39.0 Å². The molecule has 0 radical (unpaired) electrons. The number of furan rings is 1. The Morgan fingerprint density at radius 3 is 2.35 bits per heavy atom. The first-order chi connectivity index (χ1) is 14.9. The number of aromatic nitrogens is 2. The van der Waals surface area contributed by atoms with Gasteiger partial charge < -0.3 is 4.42 Å². The summed E-state index contributed by atoms with van der Waals surface area (Å²) >= 11 is 0. The lowest BCUT2D eigenvalue weighted by molar-refractivity contribution is 0.584. The lowest BCUT2D eigenvalue weighted by Crippen LogP contribution is -2.17. The molecule has 0 aliphatic carbocycles. The third-order valence-electron chi connectivity index (χ3n) is 5.99. The fraction of sp³-hybridized carbons (Fsp3) is 0.250. The number of rotatable bonds is 3. The lowest BCUT2D eigenvalue weighted by atomic mass is 9.81. The lowest BCUT2D eigenvalue weighted by Gasteiger charge is -2.26. The maximum atomic E-state index is 6.46. The van der Waals surface area contributed by atoms with Crippen LogP contribution in [-0.2, 0) is 5.41 Å². The van der Waals surface area contributed by atoms with Crippen molar-refractivity contribution < 1.29 is 4.42 Å². The second kappa shape index (κ2) is 7.12. The number of hydrogen-bond acceptors (Lipinski definition) is 2. The van der Waals surface area contributed by atoms with Crippen LogP contribution in [-0.4, -0.2) is 9.55 Å². The normalized spacial score (nSPS) is 12.3. The van der Waals surface area contributed by atoms with Crippen molar-refractivity contribution in [2.24, 2.45) is 0 Å². The molecule has 0 unspecified atom stereocenters. The highest BCUT2D eigenvalue weighted by Gasteiger charge is 2.28. The highest BCUT2D eigenvalue weighted by atomic mass is 16.3. The molecule has 2 aromatic heterocycles. The maximum absolute atomic E-state index is 6.46. The van der Waals surface area contributed by atoms with Gasteiger partial charge in [0, 0.05) is 23.3 Å². The Bertz CT molecular complexity index is 1380. The van der Waals surface area contributed by atoms with Crippen LogP contribution in [0.4, 0.5) is 0 Å². The second-order valence-corrected chi connectivity index (χ2v) is 9.56. The summed E-state index contributed by atoms with van der Waals surface area (Å²) in [5.74, 6) is 1.30. The molecular weight excluding hydrogens is 380 g/mol. The Morgan fingerprint density at radius 1 is 0.935 bits per heavy atom. The number of benzene rings is 3. The maximum Gasteiger partial charge on any atom is 0.144 e. The first-order valence-corrected chi connectivity index (χ1v) is 10.9. The molecule has 3 aromatic carbocycles. The molecule has 0 N–H and O–H groups in total. The van der Waals surface area contributed by atoms with Crippen LogP contribution >= 0.6 is 0 Å². The van der Waals surface area contributed by atoms with Gasteiger partial charge in [-0.05, 0) is 34.6 Å². The third kappa shape index (κ3) is 3.16.